The predicted octanol–water partition coefficient (Wildman–Crippen LogP) is 2.59. The van der Waals surface area contributed by atoms with E-state index in [0.717, 1.165) is 5.92 Å². The molecule has 1 unspecified atom stereocenters. The third kappa shape index (κ3) is 5.02. The Morgan fingerprint density at radius 1 is 1.18 bits per heavy atom. The zero-order chi connectivity index (χ0) is 8.69. The Morgan fingerprint density at radius 2 is 1.73 bits per heavy atom. The molecule has 0 aliphatic rings. The van der Waals surface area contributed by atoms with E-state index in [-0.39, 0.29) is 0 Å². The van der Waals surface area contributed by atoms with Crippen molar-refractivity contribution in [2.45, 2.75) is 39.7 Å². The summed E-state index contributed by atoms with van der Waals surface area (Å²) in [4.78, 5) is 0. The van der Waals surface area contributed by atoms with Crippen molar-refractivity contribution in [3.05, 3.63) is 12.2 Å². The summed E-state index contributed by atoms with van der Waals surface area (Å²) in [6.07, 6.45) is 7.08. The normalized spacial score (nSPS) is 14.6. The Bertz CT molecular complexity index is 103. The van der Waals surface area contributed by atoms with E-state index in [1.54, 1.807) is 0 Å². The Morgan fingerprint density at radius 3 is 2.09 bits per heavy atom. The average Bonchev–Trinajstić information content (AvgIpc) is 2.06. The summed E-state index contributed by atoms with van der Waals surface area (Å²) >= 11 is 0. The molecule has 0 rings (SSSR count). The predicted molar refractivity (Wildman–Crippen MR) is 51.7 cm³/mol. The van der Waals surface area contributed by atoms with Crippen LogP contribution in [0.4, 0.5) is 0 Å². The lowest BCUT2D eigenvalue weighted by Crippen LogP contribution is -2.18. The summed E-state index contributed by atoms with van der Waals surface area (Å²) in [5.41, 5.74) is 0. The molecule has 0 bridgehead atoms. The second kappa shape index (κ2) is 6.41. The molecule has 1 N–H and O–H groups in total. The lowest BCUT2D eigenvalue weighted by Gasteiger charge is -2.07. The SMILES string of the molecule is CCC(/C=C\C(C)NC)CC. The summed E-state index contributed by atoms with van der Waals surface area (Å²) in [6, 6.07) is 0.510. The van der Waals surface area contributed by atoms with Gasteiger partial charge in [-0.3, -0.25) is 0 Å². The zero-order valence-electron chi connectivity index (χ0n) is 8.22. The van der Waals surface area contributed by atoms with Crippen LogP contribution in [-0.2, 0) is 0 Å². The van der Waals surface area contributed by atoms with Gasteiger partial charge in [-0.1, -0.05) is 26.0 Å². The highest BCUT2D eigenvalue weighted by molar-refractivity contribution is 4.93. The van der Waals surface area contributed by atoms with Gasteiger partial charge in [0.25, 0.3) is 0 Å². The molecule has 1 atom stereocenters. The van der Waals surface area contributed by atoms with Crippen molar-refractivity contribution >= 4 is 0 Å². The molecule has 1 nitrogen and oxygen atoms in total. The van der Waals surface area contributed by atoms with E-state index in [0.29, 0.717) is 6.04 Å². The number of hydrogen-bond donors (Lipinski definition) is 1. The van der Waals surface area contributed by atoms with Crippen LogP contribution >= 0.6 is 0 Å². The maximum Gasteiger partial charge on any atom is 0.0218 e. The molecule has 0 fully saturated rings. The molecule has 0 aliphatic carbocycles. The fourth-order valence-electron chi connectivity index (χ4n) is 0.981. The zero-order valence-corrected chi connectivity index (χ0v) is 8.22. The van der Waals surface area contributed by atoms with Gasteiger partial charge in [0.15, 0.2) is 0 Å². The first-order valence-electron chi connectivity index (χ1n) is 4.60. The van der Waals surface area contributed by atoms with Gasteiger partial charge in [-0.05, 0) is 32.7 Å². The summed E-state index contributed by atoms with van der Waals surface area (Å²) in [5.74, 6) is 0.769. The Balaban J connectivity index is 3.68. The van der Waals surface area contributed by atoms with Gasteiger partial charge in [-0.15, -0.1) is 0 Å². The van der Waals surface area contributed by atoms with Gasteiger partial charge in [-0.25, -0.2) is 0 Å². The van der Waals surface area contributed by atoms with Crippen LogP contribution < -0.4 is 5.32 Å². The third-order valence-corrected chi connectivity index (χ3v) is 2.18. The summed E-state index contributed by atoms with van der Waals surface area (Å²) < 4.78 is 0. The van der Waals surface area contributed by atoms with Gasteiger partial charge in [-0.2, -0.15) is 0 Å². The molecule has 0 saturated carbocycles. The average molecular weight is 155 g/mol. The lowest BCUT2D eigenvalue weighted by atomic mass is 10.0. The summed E-state index contributed by atoms with van der Waals surface area (Å²) in [6.45, 7) is 6.64. The van der Waals surface area contributed by atoms with Gasteiger partial charge in [0, 0.05) is 6.04 Å². The molecule has 0 aliphatic heterocycles. The van der Waals surface area contributed by atoms with Crippen LogP contribution in [-0.4, -0.2) is 13.1 Å². The second-order valence-electron chi connectivity index (χ2n) is 3.04. The third-order valence-electron chi connectivity index (χ3n) is 2.18. The lowest BCUT2D eigenvalue weighted by molar-refractivity contribution is 0.598. The van der Waals surface area contributed by atoms with E-state index >= 15 is 0 Å². The largest absolute Gasteiger partial charge is 0.314 e. The van der Waals surface area contributed by atoms with Crippen LogP contribution in [0.3, 0.4) is 0 Å². The molecule has 0 spiro atoms. The Hall–Kier alpha value is -0.300. The van der Waals surface area contributed by atoms with Crippen molar-refractivity contribution in [2.24, 2.45) is 5.92 Å². The second-order valence-corrected chi connectivity index (χ2v) is 3.04. The minimum atomic E-state index is 0.510. The minimum absolute atomic E-state index is 0.510. The Kier molecular flexibility index (Phi) is 6.24. The van der Waals surface area contributed by atoms with Crippen molar-refractivity contribution in [2.75, 3.05) is 7.05 Å². The van der Waals surface area contributed by atoms with Crippen LogP contribution in [0.25, 0.3) is 0 Å². The van der Waals surface area contributed by atoms with E-state index in [2.05, 4.69) is 38.2 Å². The highest BCUT2D eigenvalue weighted by Crippen LogP contribution is 2.08. The van der Waals surface area contributed by atoms with E-state index in [1.165, 1.54) is 12.8 Å². The maximum atomic E-state index is 3.18. The van der Waals surface area contributed by atoms with Crippen molar-refractivity contribution in [1.29, 1.82) is 0 Å². The highest BCUT2D eigenvalue weighted by Gasteiger charge is 1.97. The van der Waals surface area contributed by atoms with Crippen LogP contribution in [0.2, 0.25) is 0 Å². The quantitative estimate of drug-likeness (QED) is 0.602. The molecule has 0 amide bonds. The molecule has 0 saturated heterocycles. The molecule has 0 radical (unpaired) electrons. The van der Waals surface area contributed by atoms with Crippen LogP contribution in [0.15, 0.2) is 12.2 Å². The van der Waals surface area contributed by atoms with E-state index in [9.17, 15) is 0 Å². The number of rotatable bonds is 5. The van der Waals surface area contributed by atoms with Gasteiger partial charge in [0.2, 0.25) is 0 Å². The van der Waals surface area contributed by atoms with Crippen molar-refractivity contribution in [3.63, 3.8) is 0 Å². The maximum absolute atomic E-state index is 3.18. The fraction of sp³-hybridized carbons (Fsp3) is 0.800. The van der Waals surface area contributed by atoms with E-state index in [1.807, 2.05) is 7.05 Å². The molecular weight excluding hydrogens is 134 g/mol. The van der Waals surface area contributed by atoms with Gasteiger partial charge in [0.05, 0.1) is 0 Å². The number of likely N-dealkylation sites (N-methyl/N-ethyl adjacent to an activating group) is 1. The van der Waals surface area contributed by atoms with Crippen LogP contribution in [0, 0.1) is 5.92 Å². The van der Waals surface area contributed by atoms with Crippen molar-refractivity contribution < 1.29 is 0 Å². The smallest absolute Gasteiger partial charge is 0.0218 e. The highest BCUT2D eigenvalue weighted by atomic mass is 14.8. The molecule has 1 heteroatoms. The monoisotopic (exact) mass is 155 g/mol. The Labute approximate surface area is 70.9 Å². The van der Waals surface area contributed by atoms with E-state index < -0.39 is 0 Å². The van der Waals surface area contributed by atoms with Gasteiger partial charge in [0.1, 0.15) is 0 Å². The van der Waals surface area contributed by atoms with Gasteiger partial charge >= 0.3 is 0 Å². The summed E-state index contributed by atoms with van der Waals surface area (Å²) in [7, 11) is 1.99. The van der Waals surface area contributed by atoms with Crippen molar-refractivity contribution in [1.82, 2.24) is 5.32 Å². The molecule has 0 aromatic rings. The minimum Gasteiger partial charge on any atom is -0.314 e. The first-order chi connectivity index (χ1) is 5.24. The van der Waals surface area contributed by atoms with Crippen molar-refractivity contribution in [3.8, 4) is 0 Å². The topological polar surface area (TPSA) is 12.0 Å². The first kappa shape index (κ1) is 10.7. The van der Waals surface area contributed by atoms with Gasteiger partial charge < -0.3 is 5.32 Å². The van der Waals surface area contributed by atoms with Crippen LogP contribution in [0.5, 0.6) is 0 Å². The molecule has 0 aromatic carbocycles. The molecular formula is C10H21N. The number of allylic oxidation sites excluding steroid dienone is 1. The van der Waals surface area contributed by atoms with E-state index in [4.69, 9.17) is 0 Å². The standard InChI is InChI=1S/C10H21N/c1-5-10(6-2)8-7-9(3)11-4/h7-11H,5-6H2,1-4H3/b8-7-. The first-order valence-corrected chi connectivity index (χ1v) is 4.60. The molecule has 66 valence electrons. The molecule has 0 heterocycles. The van der Waals surface area contributed by atoms with Crippen LogP contribution in [0.1, 0.15) is 33.6 Å². The molecule has 0 aromatic heterocycles. The summed E-state index contributed by atoms with van der Waals surface area (Å²) in [5, 5.41) is 3.18. The number of hydrogen-bond acceptors (Lipinski definition) is 1. The number of nitrogens with one attached hydrogen (secondary N) is 1. The molecule has 11 heavy (non-hydrogen) atoms. The fourth-order valence-corrected chi connectivity index (χ4v) is 0.981.